The van der Waals surface area contributed by atoms with Gasteiger partial charge < -0.3 is 14.6 Å². The monoisotopic (exact) mass is 268 g/mol. The second kappa shape index (κ2) is 5.34. The van der Waals surface area contributed by atoms with Crippen LogP contribution in [-0.4, -0.2) is 29.2 Å². The van der Waals surface area contributed by atoms with Gasteiger partial charge >= 0.3 is 0 Å². The molecule has 2 saturated carbocycles. The Morgan fingerprint density at radius 1 is 0.947 bits per heavy atom. The fraction of sp³-hybridized carbons (Fsp3) is 1.00. The molecule has 0 unspecified atom stereocenters. The number of aliphatic hydroxyl groups is 1. The molecule has 0 aromatic heterocycles. The molecule has 19 heavy (non-hydrogen) atoms. The van der Waals surface area contributed by atoms with E-state index in [-0.39, 0.29) is 12.2 Å². The van der Waals surface area contributed by atoms with Gasteiger partial charge in [0.05, 0.1) is 12.2 Å². The highest BCUT2D eigenvalue weighted by Gasteiger charge is 2.53. The molecule has 1 heterocycles. The summed E-state index contributed by atoms with van der Waals surface area (Å²) in [6.45, 7) is 4.22. The van der Waals surface area contributed by atoms with Crippen LogP contribution in [0.3, 0.4) is 0 Å². The van der Waals surface area contributed by atoms with Crippen molar-refractivity contribution in [1.82, 2.24) is 0 Å². The van der Waals surface area contributed by atoms with Gasteiger partial charge in [-0.15, -0.1) is 0 Å². The lowest BCUT2D eigenvalue weighted by molar-refractivity contribution is -0.368. The highest BCUT2D eigenvalue weighted by Crippen LogP contribution is 2.47. The van der Waals surface area contributed by atoms with Gasteiger partial charge in [0.2, 0.25) is 0 Å². The van der Waals surface area contributed by atoms with Gasteiger partial charge in [-0.3, -0.25) is 0 Å². The van der Waals surface area contributed by atoms with Crippen molar-refractivity contribution in [3.05, 3.63) is 0 Å². The Kier molecular flexibility index (Phi) is 3.89. The van der Waals surface area contributed by atoms with Crippen molar-refractivity contribution >= 4 is 0 Å². The minimum absolute atomic E-state index is 0.195. The second-order valence-electron chi connectivity index (χ2n) is 7.05. The maximum atomic E-state index is 10.8. The molecular formula is C16H28O3. The van der Waals surface area contributed by atoms with E-state index in [1.807, 2.05) is 0 Å². The topological polar surface area (TPSA) is 38.7 Å². The van der Waals surface area contributed by atoms with Crippen molar-refractivity contribution in [3.63, 3.8) is 0 Å². The molecule has 3 heteroatoms. The fourth-order valence-electron chi connectivity index (χ4n) is 4.54. The molecule has 0 radical (unpaired) electrons. The highest BCUT2D eigenvalue weighted by molar-refractivity contribution is 4.96. The van der Waals surface area contributed by atoms with Gasteiger partial charge in [-0.05, 0) is 44.9 Å². The molecule has 1 spiro atoms. The van der Waals surface area contributed by atoms with Gasteiger partial charge in [0.15, 0.2) is 5.79 Å². The smallest absolute Gasteiger partial charge is 0.195 e. The van der Waals surface area contributed by atoms with Crippen LogP contribution >= 0.6 is 0 Å². The Hall–Kier alpha value is -0.120. The summed E-state index contributed by atoms with van der Waals surface area (Å²) in [6.07, 6.45) is 9.25. The van der Waals surface area contributed by atoms with Crippen LogP contribution in [0.2, 0.25) is 0 Å². The summed E-state index contributed by atoms with van der Waals surface area (Å²) in [5.41, 5.74) is 0. The van der Waals surface area contributed by atoms with Gasteiger partial charge in [0.1, 0.15) is 6.10 Å². The maximum absolute atomic E-state index is 10.8. The fourth-order valence-corrected chi connectivity index (χ4v) is 4.54. The molecule has 1 N–H and O–H groups in total. The molecule has 3 fully saturated rings. The summed E-state index contributed by atoms with van der Waals surface area (Å²) < 4.78 is 12.3. The molecular weight excluding hydrogens is 240 g/mol. The van der Waals surface area contributed by atoms with E-state index in [0.29, 0.717) is 11.8 Å². The molecule has 110 valence electrons. The summed E-state index contributed by atoms with van der Waals surface area (Å²) in [6, 6.07) is 0. The molecule has 1 saturated heterocycles. The van der Waals surface area contributed by atoms with Crippen molar-refractivity contribution in [2.75, 3.05) is 0 Å². The molecule has 2 aliphatic carbocycles. The molecule has 2 bridgehead atoms. The van der Waals surface area contributed by atoms with Gasteiger partial charge in [-0.1, -0.05) is 25.7 Å². The zero-order chi connectivity index (χ0) is 13.5. The summed E-state index contributed by atoms with van der Waals surface area (Å²) in [5, 5.41) is 10.8. The van der Waals surface area contributed by atoms with Crippen LogP contribution in [0.1, 0.15) is 65.2 Å². The van der Waals surface area contributed by atoms with E-state index in [0.717, 1.165) is 19.3 Å². The van der Waals surface area contributed by atoms with Gasteiger partial charge in [-0.25, -0.2) is 0 Å². The maximum Gasteiger partial charge on any atom is 0.195 e. The van der Waals surface area contributed by atoms with Crippen molar-refractivity contribution in [1.29, 1.82) is 0 Å². The lowest BCUT2D eigenvalue weighted by Gasteiger charge is -2.52. The number of aliphatic hydroxyl groups excluding tert-OH is 1. The third-order valence-electron chi connectivity index (χ3n) is 5.26. The average molecular weight is 268 g/mol. The van der Waals surface area contributed by atoms with E-state index < -0.39 is 11.9 Å². The van der Waals surface area contributed by atoms with Crippen molar-refractivity contribution in [2.45, 2.75) is 89.3 Å². The van der Waals surface area contributed by atoms with Crippen LogP contribution < -0.4 is 0 Å². The largest absolute Gasteiger partial charge is 0.387 e. The Balaban J connectivity index is 1.83. The minimum Gasteiger partial charge on any atom is -0.387 e. The zero-order valence-corrected chi connectivity index (χ0v) is 12.3. The third-order valence-corrected chi connectivity index (χ3v) is 5.26. The van der Waals surface area contributed by atoms with E-state index in [4.69, 9.17) is 9.47 Å². The third kappa shape index (κ3) is 2.70. The lowest BCUT2D eigenvalue weighted by atomic mass is 9.70. The van der Waals surface area contributed by atoms with Crippen LogP contribution in [0.25, 0.3) is 0 Å². The molecule has 0 aromatic rings. The van der Waals surface area contributed by atoms with Crippen LogP contribution in [0, 0.1) is 11.8 Å². The number of fused-ring (bicyclic) bond motifs is 2. The molecule has 3 rings (SSSR count). The quantitative estimate of drug-likeness (QED) is 0.733. The first-order chi connectivity index (χ1) is 9.09. The first kappa shape index (κ1) is 13.8. The zero-order valence-electron chi connectivity index (χ0n) is 12.3. The Morgan fingerprint density at radius 2 is 1.63 bits per heavy atom. The van der Waals surface area contributed by atoms with E-state index in [2.05, 4.69) is 13.8 Å². The van der Waals surface area contributed by atoms with Crippen LogP contribution in [0.4, 0.5) is 0 Å². The van der Waals surface area contributed by atoms with Crippen molar-refractivity contribution in [3.8, 4) is 0 Å². The number of rotatable bonds is 0. The molecule has 3 nitrogen and oxygen atoms in total. The number of hydrogen-bond donors (Lipinski definition) is 1. The van der Waals surface area contributed by atoms with E-state index >= 15 is 0 Å². The summed E-state index contributed by atoms with van der Waals surface area (Å²) in [4.78, 5) is 0. The summed E-state index contributed by atoms with van der Waals surface area (Å²) in [7, 11) is 0. The average Bonchev–Trinajstić information content (AvgIpc) is 2.29. The van der Waals surface area contributed by atoms with Gasteiger partial charge in [-0.2, -0.15) is 0 Å². The Labute approximate surface area is 116 Å². The van der Waals surface area contributed by atoms with Crippen molar-refractivity contribution in [2.24, 2.45) is 11.8 Å². The van der Waals surface area contributed by atoms with Gasteiger partial charge in [0.25, 0.3) is 0 Å². The lowest BCUT2D eigenvalue weighted by Crippen LogP contribution is -2.60. The van der Waals surface area contributed by atoms with Gasteiger partial charge in [0, 0.05) is 6.42 Å². The van der Waals surface area contributed by atoms with Crippen LogP contribution in [-0.2, 0) is 9.47 Å². The first-order valence-electron chi connectivity index (χ1n) is 8.13. The summed E-state index contributed by atoms with van der Waals surface area (Å²) in [5.74, 6) is 0.338. The molecule has 0 amide bonds. The number of hydrogen-bond acceptors (Lipinski definition) is 3. The molecule has 1 aliphatic heterocycles. The Bertz CT molecular complexity index is 307. The minimum atomic E-state index is -0.706. The van der Waals surface area contributed by atoms with Crippen LogP contribution in [0.5, 0.6) is 0 Å². The van der Waals surface area contributed by atoms with Crippen molar-refractivity contribution < 1.29 is 14.6 Å². The molecule has 3 aliphatic rings. The molecule has 5 atom stereocenters. The molecule has 0 aromatic carbocycles. The van der Waals surface area contributed by atoms with E-state index in [1.54, 1.807) is 0 Å². The standard InChI is InChI=1S/C16H28O3/c1-11-8-12(2)19-16(18-11)10-13-6-4-3-5-7-14(9-13)15(16)17/h11-15,17H,3-10H2,1-2H3/t11-,12-,13-,14+,15+/m1/s1. The normalized spacial score (nSPS) is 51.6. The predicted molar refractivity (Wildman–Crippen MR) is 73.7 cm³/mol. The second-order valence-corrected chi connectivity index (χ2v) is 7.05. The summed E-state index contributed by atoms with van der Waals surface area (Å²) >= 11 is 0. The first-order valence-corrected chi connectivity index (χ1v) is 8.13. The van der Waals surface area contributed by atoms with Crippen LogP contribution in [0.15, 0.2) is 0 Å². The number of ether oxygens (including phenoxy) is 2. The Morgan fingerprint density at radius 3 is 2.37 bits per heavy atom. The van der Waals surface area contributed by atoms with E-state index in [1.165, 1.54) is 32.1 Å². The predicted octanol–water partition coefficient (Wildman–Crippen LogP) is 3.25. The highest BCUT2D eigenvalue weighted by atomic mass is 16.7. The SMILES string of the molecule is C[C@@H]1C[C@@H](C)OC2(C[C@@H]3CCCCC[C@@H](C3)[C@@H]2O)O1. The van der Waals surface area contributed by atoms with E-state index in [9.17, 15) is 5.11 Å².